The highest BCUT2D eigenvalue weighted by molar-refractivity contribution is 5.91. The first-order chi connectivity index (χ1) is 8.15. The number of benzene rings is 1. The fourth-order valence-corrected chi connectivity index (χ4v) is 1.86. The van der Waals surface area contributed by atoms with Crippen LogP contribution in [0.4, 0.5) is 0 Å². The van der Waals surface area contributed by atoms with Gasteiger partial charge in [0.15, 0.2) is 0 Å². The van der Waals surface area contributed by atoms with Crippen LogP contribution >= 0.6 is 0 Å². The molecule has 0 saturated heterocycles. The molecule has 0 aliphatic heterocycles. The van der Waals surface area contributed by atoms with Crippen LogP contribution in [0, 0.1) is 13.8 Å². The molecular weight excluding hydrogens is 216 g/mol. The molecular formula is C13H14N2O2. The Morgan fingerprint density at radius 3 is 2.47 bits per heavy atom. The van der Waals surface area contributed by atoms with E-state index in [-0.39, 0.29) is 5.97 Å². The number of nitrogens with zero attached hydrogens (tertiary/aromatic N) is 2. The number of hydrogen-bond donors (Lipinski definition) is 0. The molecule has 0 N–H and O–H groups in total. The van der Waals surface area contributed by atoms with Crippen LogP contribution in [0.2, 0.25) is 0 Å². The van der Waals surface area contributed by atoms with E-state index in [1.807, 2.05) is 37.3 Å². The first-order valence-electron chi connectivity index (χ1n) is 5.35. The zero-order valence-corrected chi connectivity index (χ0v) is 10.1. The third-order valence-electron chi connectivity index (χ3n) is 2.68. The van der Waals surface area contributed by atoms with E-state index in [1.165, 1.54) is 7.11 Å². The molecule has 2 rings (SSSR count). The van der Waals surface area contributed by atoms with Gasteiger partial charge in [-0.2, -0.15) is 5.10 Å². The van der Waals surface area contributed by atoms with Crippen LogP contribution in [0.1, 0.15) is 21.7 Å². The van der Waals surface area contributed by atoms with Crippen molar-refractivity contribution < 1.29 is 9.53 Å². The fourth-order valence-electron chi connectivity index (χ4n) is 1.86. The molecule has 4 heteroatoms. The molecule has 17 heavy (non-hydrogen) atoms. The molecule has 0 amide bonds. The van der Waals surface area contributed by atoms with Crippen molar-refractivity contribution in [3.8, 4) is 5.69 Å². The second-order valence-electron chi connectivity index (χ2n) is 3.78. The van der Waals surface area contributed by atoms with Gasteiger partial charge in [0.25, 0.3) is 0 Å². The maximum Gasteiger partial charge on any atom is 0.341 e. The van der Waals surface area contributed by atoms with Crippen molar-refractivity contribution in [2.75, 3.05) is 7.11 Å². The van der Waals surface area contributed by atoms with E-state index in [2.05, 4.69) is 5.10 Å². The Labute approximate surface area is 99.8 Å². The van der Waals surface area contributed by atoms with Gasteiger partial charge in [0.2, 0.25) is 0 Å². The van der Waals surface area contributed by atoms with Crippen LogP contribution < -0.4 is 0 Å². The summed E-state index contributed by atoms with van der Waals surface area (Å²) >= 11 is 0. The summed E-state index contributed by atoms with van der Waals surface area (Å²) in [7, 11) is 1.38. The molecule has 0 saturated carbocycles. The number of aromatic nitrogens is 2. The number of hydrogen-bond acceptors (Lipinski definition) is 3. The van der Waals surface area contributed by atoms with Crippen molar-refractivity contribution in [1.29, 1.82) is 0 Å². The van der Waals surface area contributed by atoms with Crippen molar-refractivity contribution in [3.05, 3.63) is 47.3 Å². The summed E-state index contributed by atoms with van der Waals surface area (Å²) in [5.74, 6) is -0.345. The lowest BCUT2D eigenvalue weighted by Gasteiger charge is -2.04. The standard InChI is InChI=1S/C13H14N2O2/c1-9-12(13(16)17-3)10(2)15(14-9)11-7-5-4-6-8-11/h4-8H,1-3H3. The zero-order valence-electron chi connectivity index (χ0n) is 10.1. The molecule has 0 bridgehead atoms. The Morgan fingerprint density at radius 1 is 1.24 bits per heavy atom. The number of aryl methyl sites for hydroxylation is 1. The quantitative estimate of drug-likeness (QED) is 0.743. The Bertz CT molecular complexity index is 544. The monoisotopic (exact) mass is 230 g/mol. The van der Waals surface area contributed by atoms with E-state index in [0.717, 1.165) is 11.4 Å². The summed E-state index contributed by atoms with van der Waals surface area (Å²) < 4.78 is 6.51. The zero-order chi connectivity index (χ0) is 12.4. The molecule has 0 unspecified atom stereocenters. The summed E-state index contributed by atoms with van der Waals surface area (Å²) in [4.78, 5) is 11.6. The molecule has 88 valence electrons. The van der Waals surface area contributed by atoms with Crippen molar-refractivity contribution >= 4 is 5.97 Å². The summed E-state index contributed by atoms with van der Waals surface area (Å²) in [6, 6.07) is 9.70. The number of carbonyl (C=O) groups is 1. The average Bonchev–Trinajstić information content (AvgIpc) is 2.65. The van der Waals surface area contributed by atoms with Gasteiger partial charge in [-0.05, 0) is 26.0 Å². The Kier molecular flexibility index (Phi) is 2.95. The molecule has 1 aromatic heterocycles. The van der Waals surface area contributed by atoms with Gasteiger partial charge in [-0.15, -0.1) is 0 Å². The van der Waals surface area contributed by atoms with Crippen LogP contribution in [0.25, 0.3) is 5.69 Å². The number of para-hydroxylation sites is 1. The molecule has 0 spiro atoms. The maximum atomic E-state index is 11.6. The number of methoxy groups -OCH3 is 1. The summed E-state index contributed by atoms with van der Waals surface area (Å²) in [6.07, 6.45) is 0. The molecule has 0 aliphatic carbocycles. The van der Waals surface area contributed by atoms with Crippen LogP contribution in [0.5, 0.6) is 0 Å². The summed E-state index contributed by atoms with van der Waals surface area (Å²) in [5, 5.41) is 4.37. The van der Waals surface area contributed by atoms with Gasteiger partial charge in [-0.3, -0.25) is 0 Å². The van der Waals surface area contributed by atoms with E-state index in [9.17, 15) is 4.79 Å². The topological polar surface area (TPSA) is 44.1 Å². The van der Waals surface area contributed by atoms with Crippen LogP contribution in [-0.2, 0) is 4.74 Å². The lowest BCUT2D eigenvalue weighted by Crippen LogP contribution is -2.05. The molecule has 0 radical (unpaired) electrons. The minimum Gasteiger partial charge on any atom is -0.465 e. The predicted molar refractivity (Wildman–Crippen MR) is 64.4 cm³/mol. The van der Waals surface area contributed by atoms with Gasteiger partial charge in [-0.25, -0.2) is 9.48 Å². The third kappa shape index (κ3) is 1.93. The molecule has 2 aromatic rings. The Balaban J connectivity index is 2.56. The third-order valence-corrected chi connectivity index (χ3v) is 2.68. The molecule has 4 nitrogen and oxygen atoms in total. The predicted octanol–water partition coefficient (Wildman–Crippen LogP) is 2.28. The van der Waals surface area contributed by atoms with Crippen LogP contribution in [0.3, 0.4) is 0 Å². The SMILES string of the molecule is COC(=O)c1c(C)nn(-c2ccccc2)c1C. The average molecular weight is 230 g/mol. The fraction of sp³-hybridized carbons (Fsp3) is 0.231. The molecule has 0 atom stereocenters. The normalized spacial score (nSPS) is 10.3. The van der Waals surface area contributed by atoms with Gasteiger partial charge >= 0.3 is 5.97 Å². The highest BCUT2D eigenvalue weighted by Gasteiger charge is 2.19. The van der Waals surface area contributed by atoms with Crippen molar-refractivity contribution in [3.63, 3.8) is 0 Å². The largest absolute Gasteiger partial charge is 0.465 e. The second kappa shape index (κ2) is 4.41. The minimum atomic E-state index is -0.345. The second-order valence-corrected chi connectivity index (χ2v) is 3.78. The van der Waals surface area contributed by atoms with Gasteiger partial charge in [-0.1, -0.05) is 18.2 Å². The maximum absolute atomic E-state index is 11.6. The lowest BCUT2D eigenvalue weighted by molar-refractivity contribution is 0.0599. The molecule has 1 aromatic carbocycles. The molecule has 1 heterocycles. The van der Waals surface area contributed by atoms with E-state index in [1.54, 1.807) is 11.6 Å². The van der Waals surface area contributed by atoms with Gasteiger partial charge in [0.05, 0.1) is 24.2 Å². The van der Waals surface area contributed by atoms with Crippen molar-refractivity contribution in [1.82, 2.24) is 9.78 Å². The van der Waals surface area contributed by atoms with Crippen LogP contribution in [-0.4, -0.2) is 22.9 Å². The van der Waals surface area contributed by atoms with Gasteiger partial charge in [0.1, 0.15) is 5.56 Å². The highest BCUT2D eigenvalue weighted by Crippen LogP contribution is 2.18. The number of rotatable bonds is 2. The highest BCUT2D eigenvalue weighted by atomic mass is 16.5. The number of carbonyl (C=O) groups excluding carboxylic acids is 1. The minimum absolute atomic E-state index is 0.345. The van der Waals surface area contributed by atoms with Gasteiger partial charge in [0, 0.05) is 0 Å². The van der Waals surface area contributed by atoms with E-state index in [0.29, 0.717) is 11.3 Å². The Morgan fingerprint density at radius 2 is 1.88 bits per heavy atom. The first-order valence-corrected chi connectivity index (χ1v) is 5.35. The van der Waals surface area contributed by atoms with Crippen LogP contribution in [0.15, 0.2) is 30.3 Å². The van der Waals surface area contributed by atoms with Crippen molar-refractivity contribution in [2.24, 2.45) is 0 Å². The van der Waals surface area contributed by atoms with E-state index < -0.39 is 0 Å². The summed E-state index contributed by atoms with van der Waals surface area (Å²) in [6.45, 7) is 3.66. The molecule has 0 fully saturated rings. The van der Waals surface area contributed by atoms with Gasteiger partial charge < -0.3 is 4.74 Å². The molecule has 0 aliphatic rings. The summed E-state index contributed by atoms with van der Waals surface area (Å²) in [5.41, 5.74) is 2.94. The number of ether oxygens (including phenoxy) is 1. The van der Waals surface area contributed by atoms with E-state index >= 15 is 0 Å². The number of esters is 1. The Hall–Kier alpha value is -2.10. The lowest BCUT2D eigenvalue weighted by atomic mass is 10.2. The van der Waals surface area contributed by atoms with E-state index in [4.69, 9.17) is 4.74 Å². The van der Waals surface area contributed by atoms with Crippen molar-refractivity contribution in [2.45, 2.75) is 13.8 Å². The smallest absolute Gasteiger partial charge is 0.341 e. The first kappa shape index (κ1) is 11.4.